The van der Waals surface area contributed by atoms with Crippen molar-refractivity contribution in [3.05, 3.63) is 65.4 Å². The fourth-order valence-corrected chi connectivity index (χ4v) is 3.24. The van der Waals surface area contributed by atoms with Gasteiger partial charge >= 0.3 is 0 Å². The molecule has 0 aliphatic rings. The minimum atomic E-state index is -0.485. The van der Waals surface area contributed by atoms with Gasteiger partial charge < -0.3 is 10.1 Å². The van der Waals surface area contributed by atoms with Crippen LogP contribution >= 0.6 is 11.3 Å². The van der Waals surface area contributed by atoms with Gasteiger partial charge in [0.05, 0.1) is 28.8 Å². The molecule has 3 rings (SSSR count). The van der Waals surface area contributed by atoms with Gasteiger partial charge in [0.15, 0.2) is 11.6 Å². The number of benzene rings is 2. The zero-order valence-corrected chi connectivity index (χ0v) is 15.2. The average molecular weight is 370 g/mol. The van der Waals surface area contributed by atoms with Crippen molar-refractivity contribution in [1.29, 1.82) is 0 Å². The molecule has 0 spiro atoms. The zero-order chi connectivity index (χ0) is 18.4. The maximum atomic E-state index is 14.5. The number of nitrogens with one attached hydrogen (secondary N) is 1. The molecule has 4 nitrogen and oxygen atoms in total. The number of nitrogens with zero attached hydrogens (tertiary/aromatic N) is 1. The minimum Gasteiger partial charge on any atom is -0.490 e. The molecule has 0 saturated heterocycles. The molecule has 26 heavy (non-hydrogen) atoms. The van der Waals surface area contributed by atoms with E-state index in [0.29, 0.717) is 24.3 Å². The molecule has 0 unspecified atom stereocenters. The van der Waals surface area contributed by atoms with Gasteiger partial charge in [0.25, 0.3) is 0 Å². The molecule has 0 aliphatic heterocycles. The van der Waals surface area contributed by atoms with Crippen LogP contribution < -0.4 is 10.1 Å². The van der Waals surface area contributed by atoms with E-state index in [2.05, 4.69) is 10.3 Å². The molecule has 0 aliphatic carbocycles. The number of halogens is 1. The van der Waals surface area contributed by atoms with Crippen molar-refractivity contribution in [3.8, 4) is 5.75 Å². The standard InChI is InChI=1S/C20H19FN2O2S/c1-2-3-4-10-25-17-7-5-6-14(20(17)21)11-19(24)23-15-8-9-16-18(12-15)26-13-22-16/h2-3,5-9,12-13H,4,10-11H2,1H3,(H,23,24)/b3-2+. The fraction of sp³-hybridized carbons (Fsp3) is 0.200. The van der Waals surface area contributed by atoms with Crippen LogP contribution in [-0.4, -0.2) is 17.5 Å². The number of carbonyl (C=O) groups is 1. The Kier molecular flexibility index (Phi) is 5.96. The first kappa shape index (κ1) is 18.1. The van der Waals surface area contributed by atoms with Crippen molar-refractivity contribution in [1.82, 2.24) is 4.98 Å². The Labute approximate surface area is 155 Å². The second kappa shape index (κ2) is 8.58. The van der Waals surface area contributed by atoms with E-state index in [1.165, 1.54) is 11.3 Å². The molecule has 0 fully saturated rings. The van der Waals surface area contributed by atoms with Gasteiger partial charge in [-0.15, -0.1) is 11.3 Å². The number of hydrogen-bond acceptors (Lipinski definition) is 4. The highest BCUT2D eigenvalue weighted by Crippen LogP contribution is 2.23. The summed E-state index contributed by atoms with van der Waals surface area (Å²) in [7, 11) is 0. The van der Waals surface area contributed by atoms with Crippen molar-refractivity contribution >= 4 is 33.1 Å². The van der Waals surface area contributed by atoms with Crippen molar-refractivity contribution in [3.63, 3.8) is 0 Å². The maximum absolute atomic E-state index is 14.5. The van der Waals surface area contributed by atoms with E-state index in [1.807, 2.05) is 31.2 Å². The van der Waals surface area contributed by atoms with Gasteiger partial charge in [-0.2, -0.15) is 0 Å². The number of anilines is 1. The van der Waals surface area contributed by atoms with E-state index in [0.717, 1.165) is 10.2 Å². The molecule has 0 radical (unpaired) electrons. The highest BCUT2D eigenvalue weighted by Gasteiger charge is 2.13. The zero-order valence-electron chi connectivity index (χ0n) is 14.4. The van der Waals surface area contributed by atoms with Gasteiger partial charge in [0, 0.05) is 11.3 Å². The summed E-state index contributed by atoms with van der Waals surface area (Å²) in [5.41, 5.74) is 3.63. The predicted octanol–water partition coefficient (Wildman–Crippen LogP) is 4.96. The predicted molar refractivity (Wildman–Crippen MR) is 103 cm³/mol. The lowest BCUT2D eigenvalue weighted by Gasteiger charge is -2.10. The summed E-state index contributed by atoms with van der Waals surface area (Å²) in [5.74, 6) is -0.592. The molecular weight excluding hydrogens is 351 g/mol. The molecule has 0 saturated carbocycles. The number of thiazole rings is 1. The van der Waals surface area contributed by atoms with Crippen molar-refractivity contribution in [2.75, 3.05) is 11.9 Å². The molecule has 3 aromatic rings. The average Bonchev–Trinajstić information content (AvgIpc) is 3.09. The topological polar surface area (TPSA) is 51.2 Å². The van der Waals surface area contributed by atoms with Crippen molar-refractivity contribution in [2.24, 2.45) is 0 Å². The Balaban J connectivity index is 1.64. The summed E-state index contributed by atoms with van der Waals surface area (Å²) < 4.78 is 21.0. The Hall–Kier alpha value is -2.73. The first-order valence-electron chi connectivity index (χ1n) is 8.32. The molecule has 1 aromatic heterocycles. The SMILES string of the molecule is C/C=C/CCOc1cccc(CC(=O)Nc2ccc3ncsc3c2)c1F. The molecule has 0 atom stereocenters. The highest BCUT2D eigenvalue weighted by molar-refractivity contribution is 7.16. The maximum Gasteiger partial charge on any atom is 0.228 e. The summed E-state index contributed by atoms with van der Waals surface area (Å²) >= 11 is 1.50. The van der Waals surface area contributed by atoms with Crippen LogP contribution in [-0.2, 0) is 11.2 Å². The third-order valence-corrected chi connectivity index (χ3v) is 4.58. The van der Waals surface area contributed by atoms with Crippen molar-refractivity contribution in [2.45, 2.75) is 19.8 Å². The fourth-order valence-electron chi connectivity index (χ4n) is 2.52. The van der Waals surface area contributed by atoms with Crippen LogP contribution in [0.1, 0.15) is 18.9 Å². The van der Waals surface area contributed by atoms with Gasteiger partial charge in [-0.25, -0.2) is 9.37 Å². The Morgan fingerprint density at radius 2 is 2.23 bits per heavy atom. The normalized spacial score (nSPS) is 11.2. The summed E-state index contributed by atoms with van der Waals surface area (Å²) in [4.78, 5) is 16.5. The van der Waals surface area contributed by atoms with E-state index in [4.69, 9.17) is 4.74 Å². The van der Waals surface area contributed by atoms with Gasteiger partial charge in [0.2, 0.25) is 5.91 Å². The smallest absolute Gasteiger partial charge is 0.228 e. The lowest BCUT2D eigenvalue weighted by Crippen LogP contribution is -2.15. The van der Waals surface area contributed by atoms with E-state index >= 15 is 0 Å². The second-order valence-corrected chi connectivity index (χ2v) is 6.58. The second-order valence-electron chi connectivity index (χ2n) is 5.70. The van der Waals surface area contributed by atoms with Crippen LogP contribution in [0.2, 0.25) is 0 Å². The number of allylic oxidation sites excluding steroid dienone is 1. The van der Waals surface area contributed by atoms with Crippen LogP contribution in [0.15, 0.2) is 54.1 Å². The largest absolute Gasteiger partial charge is 0.490 e. The minimum absolute atomic E-state index is 0.0569. The van der Waals surface area contributed by atoms with Gasteiger partial charge in [-0.1, -0.05) is 24.3 Å². The van der Waals surface area contributed by atoms with Crippen LogP contribution in [0.5, 0.6) is 5.75 Å². The van der Waals surface area contributed by atoms with E-state index < -0.39 is 5.82 Å². The Morgan fingerprint density at radius 3 is 3.08 bits per heavy atom. The number of fused-ring (bicyclic) bond motifs is 1. The Morgan fingerprint density at radius 1 is 1.35 bits per heavy atom. The van der Waals surface area contributed by atoms with Crippen molar-refractivity contribution < 1.29 is 13.9 Å². The van der Waals surface area contributed by atoms with Gasteiger partial charge in [-0.05, 0) is 37.6 Å². The summed E-state index contributed by atoms with van der Waals surface area (Å²) in [6.45, 7) is 2.32. The number of ether oxygens (including phenoxy) is 1. The third-order valence-electron chi connectivity index (χ3n) is 3.79. The molecule has 0 bridgehead atoms. The van der Waals surface area contributed by atoms with Gasteiger partial charge in [-0.3, -0.25) is 4.79 Å². The van der Waals surface area contributed by atoms with Gasteiger partial charge in [0.1, 0.15) is 0 Å². The molecule has 1 amide bonds. The molecule has 134 valence electrons. The molecule has 1 heterocycles. The lowest BCUT2D eigenvalue weighted by molar-refractivity contribution is -0.115. The van der Waals surface area contributed by atoms with Crippen LogP contribution in [0.25, 0.3) is 10.2 Å². The molecule has 2 aromatic carbocycles. The van der Waals surface area contributed by atoms with E-state index in [1.54, 1.807) is 29.8 Å². The van der Waals surface area contributed by atoms with Crippen LogP contribution in [0.3, 0.4) is 0 Å². The Bertz CT molecular complexity index is 936. The first-order chi connectivity index (χ1) is 12.7. The molecular formula is C20H19FN2O2S. The highest BCUT2D eigenvalue weighted by atomic mass is 32.1. The van der Waals surface area contributed by atoms with Crippen LogP contribution in [0, 0.1) is 5.82 Å². The third kappa shape index (κ3) is 4.46. The monoisotopic (exact) mass is 370 g/mol. The quantitative estimate of drug-likeness (QED) is 0.472. The van der Waals surface area contributed by atoms with E-state index in [-0.39, 0.29) is 18.1 Å². The van der Waals surface area contributed by atoms with E-state index in [9.17, 15) is 9.18 Å². The lowest BCUT2D eigenvalue weighted by atomic mass is 10.1. The summed E-state index contributed by atoms with van der Waals surface area (Å²) in [6.07, 6.45) is 4.53. The summed E-state index contributed by atoms with van der Waals surface area (Å²) in [6, 6.07) is 10.4. The molecule has 1 N–H and O–H groups in total. The number of amides is 1. The number of carbonyl (C=O) groups excluding carboxylic acids is 1. The number of aromatic nitrogens is 1. The first-order valence-corrected chi connectivity index (χ1v) is 9.20. The summed E-state index contributed by atoms with van der Waals surface area (Å²) in [5, 5.41) is 2.80. The number of rotatable bonds is 7. The number of hydrogen-bond donors (Lipinski definition) is 1. The van der Waals surface area contributed by atoms with Crippen LogP contribution in [0.4, 0.5) is 10.1 Å². The molecule has 6 heteroatoms.